The van der Waals surface area contributed by atoms with E-state index < -0.39 is 0 Å². The molecule has 9 heteroatoms. The largest absolute Gasteiger partial charge is 0.332 e. The van der Waals surface area contributed by atoms with Crippen LogP contribution in [0.5, 0.6) is 0 Å². The summed E-state index contributed by atoms with van der Waals surface area (Å²) >= 11 is 5.99. The summed E-state index contributed by atoms with van der Waals surface area (Å²) in [6, 6.07) is 7.43. The molecule has 0 N–H and O–H groups in total. The van der Waals surface area contributed by atoms with E-state index in [4.69, 9.17) is 11.6 Å². The molecule has 27 heavy (non-hydrogen) atoms. The SMILES string of the molecule is CCN1N=C(c2ccc(Cl)cc2)Cn2c1nc1c2c(=O)n(CC)c(=O)n1C. The first-order chi connectivity index (χ1) is 13.0. The molecular formula is C18H19ClN6O2. The predicted octanol–water partition coefficient (Wildman–Crippen LogP) is 1.81. The van der Waals surface area contributed by atoms with E-state index in [-0.39, 0.29) is 11.2 Å². The number of benzene rings is 1. The van der Waals surface area contributed by atoms with E-state index >= 15 is 0 Å². The lowest BCUT2D eigenvalue weighted by molar-refractivity contribution is 0.634. The Labute approximate surface area is 159 Å². The Kier molecular flexibility index (Phi) is 4.15. The molecule has 1 aromatic carbocycles. The van der Waals surface area contributed by atoms with Gasteiger partial charge in [0.1, 0.15) is 0 Å². The fraction of sp³-hybridized carbons (Fsp3) is 0.333. The van der Waals surface area contributed by atoms with Crippen molar-refractivity contribution < 1.29 is 0 Å². The number of imidazole rings is 1. The van der Waals surface area contributed by atoms with Crippen LogP contribution in [0, 0.1) is 0 Å². The van der Waals surface area contributed by atoms with Gasteiger partial charge < -0.3 is 0 Å². The Bertz CT molecular complexity index is 1190. The van der Waals surface area contributed by atoms with Gasteiger partial charge in [-0.25, -0.2) is 9.80 Å². The number of anilines is 1. The molecule has 0 aliphatic carbocycles. The average Bonchev–Trinajstić information content (AvgIpc) is 3.06. The van der Waals surface area contributed by atoms with E-state index in [1.165, 1.54) is 9.13 Å². The summed E-state index contributed by atoms with van der Waals surface area (Å²) in [7, 11) is 1.63. The summed E-state index contributed by atoms with van der Waals surface area (Å²) in [5.41, 5.74) is 1.81. The van der Waals surface area contributed by atoms with Crippen LogP contribution < -0.4 is 16.3 Å². The average molecular weight is 387 g/mol. The van der Waals surface area contributed by atoms with Crippen molar-refractivity contribution in [2.45, 2.75) is 26.9 Å². The zero-order valence-electron chi connectivity index (χ0n) is 15.3. The van der Waals surface area contributed by atoms with Crippen LogP contribution in [0.3, 0.4) is 0 Å². The molecule has 0 radical (unpaired) electrons. The highest BCUT2D eigenvalue weighted by molar-refractivity contribution is 6.30. The number of aryl methyl sites for hydroxylation is 1. The lowest BCUT2D eigenvalue weighted by Crippen LogP contribution is -2.39. The molecule has 2 aromatic heterocycles. The minimum Gasteiger partial charge on any atom is -0.297 e. The molecule has 1 aliphatic rings. The third-order valence-corrected chi connectivity index (χ3v) is 5.04. The molecule has 0 saturated carbocycles. The van der Waals surface area contributed by atoms with Crippen LogP contribution in [-0.2, 0) is 20.1 Å². The highest BCUT2D eigenvalue weighted by Crippen LogP contribution is 2.25. The van der Waals surface area contributed by atoms with Crippen molar-refractivity contribution in [3.05, 3.63) is 55.7 Å². The first-order valence-corrected chi connectivity index (χ1v) is 9.15. The third kappa shape index (κ3) is 2.59. The number of hydrogen-bond donors (Lipinski definition) is 0. The molecule has 0 spiro atoms. The Morgan fingerprint density at radius 1 is 1.11 bits per heavy atom. The van der Waals surface area contributed by atoms with Gasteiger partial charge in [-0.2, -0.15) is 10.1 Å². The molecule has 4 rings (SSSR count). The number of halogens is 1. The molecule has 0 saturated heterocycles. The number of rotatable bonds is 3. The van der Waals surface area contributed by atoms with Crippen LogP contribution in [0.1, 0.15) is 19.4 Å². The number of hydrogen-bond acceptors (Lipinski definition) is 5. The number of aromatic nitrogens is 4. The first-order valence-electron chi connectivity index (χ1n) is 8.77. The molecule has 8 nitrogen and oxygen atoms in total. The fourth-order valence-electron chi connectivity index (χ4n) is 3.36. The molecule has 0 bridgehead atoms. The summed E-state index contributed by atoms with van der Waals surface area (Å²) in [5, 5.41) is 7.08. The highest BCUT2D eigenvalue weighted by Gasteiger charge is 2.27. The second-order valence-corrected chi connectivity index (χ2v) is 6.77. The minimum atomic E-state index is -0.368. The Balaban J connectivity index is 1.97. The topological polar surface area (TPSA) is 77.4 Å². The van der Waals surface area contributed by atoms with Gasteiger partial charge in [0, 0.05) is 25.2 Å². The molecular weight excluding hydrogens is 368 g/mol. The maximum atomic E-state index is 13.0. The Morgan fingerprint density at radius 2 is 1.81 bits per heavy atom. The van der Waals surface area contributed by atoms with E-state index in [1.807, 2.05) is 35.8 Å². The normalized spacial score (nSPS) is 13.8. The van der Waals surface area contributed by atoms with Crippen LogP contribution in [-0.4, -0.2) is 30.9 Å². The van der Waals surface area contributed by atoms with E-state index in [1.54, 1.807) is 19.0 Å². The van der Waals surface area contributed by atoms with E-state index in [0.717, 1.165) is 11.3 Å². The van der Waals surface area contributed by atoms with Crippen molar-refractivity contribution in [2.75, 3.05) is 11.6 Å². The second-order valence-electron chi connectivity index (χ2n) is 6.33. The monoisotopic (exact) mass is 386 g/mol. The lowest BCUT2D eigenvalue weighted by Gasteiger charge is -2.25. The molecule has 140 valence electrons. The van der Waals surface area contributed by atoms with Crippen molar-refractivity contribution in [2.24, 2.45) is 12.1 Å². The van der Waals surface area contributed by atoms with Gasteiger partial charge in [0.2, 0.25) is 5.95 Å². The quantitative estimate of drug-likeness (QED) is 0.687. The smallest absolute Gasteiger partial charge is 0.297 e. The van der Waals surface area contributed by atoms with E-state index in [0.29, 0.717) is 41.8 Å². The summed E-state index contributed by atoms with van der Waals surface area (Å²) in [6.07, 6.45) is 0. The van der Waals surface area contributed by atoms with Gasteiger partial charge in [-0.1, -0.05) is 23.7 Å². The third-order valence-electron chi connectivity index (χ3n) is 4.79. The second kappa shape index (κ2) is 6.38. The Hall–Kier alpha value is -2.87. The van der Waals surface area contributed by atoms with Crippen LogP contribution >= 0.6 is 11.6 Å². The standard InChI is InChI=1S/C18H19ClN6O2/c1-4-23-16(26)14-15(22(3)18(23)27)20-17-24(14)10-13(21-25(17)5-2)11-6-8-12(19)9-7-11/h6-9H,4-5,10H2,1-3H3. The molecule has 3 heterocycles. The molecule has 0 fully saturated rings. The summed E-state index contributed by atoms with van der Waals surface area (Å²) in [5.74, 6) is 0.561. The van der Waals surface area contributed by atoms with Crippen molar-refractivity contribution in [1.82, 2.24) is 18.7 Å². The van der Waals surface area contributed by atoms with Crippen molar-refractivity contribution in [1.29, 1.82) is 0 Å². The number of fused-ring (bicyclic) bond motifs is 3. The molecule has 3 aromatic rings. The maximum absolute atomic E-state index is 13.0. The highest BCUT2D eigenvalue weighted by atomic mass is 35.5. The van der Waals surface area contributed by atoms with Crippen LogP contribution in [0.25, 0.3) is 11.2 Å². The molecule has 0 amide bonds. The minimum absolute atomic E-state index is 0.303. The summed E-state index contributed by atoms with van der Waals surface area (Å²) < 4.78 is 4.48. The fourth-order valence-corrected chi connectivity index (χ4v) is 3.49. The summed E-state index contributed by atoms with van der Waals surface area (Å²) in [4.78, 5) is 30.0. The van der Waals surface area contributed by atoms with Crippen molar-refractivity contribution in [3.8, 4) is 0 Å². The summed E-state index contributed by atoms with van der Waals surface area (Å²) in [6.45, 7) is 5.01. The molecule has 0 unspecified atom stereocenters. The Morgan fingerprint density at radius 3 is 2.44 bits per heavy atom. The van der Waals surface area contributed by atoms with Gasteiger partial charge in [-0.15, -0.1) is 0 Å². The van der Waals surface area contributed by atoms with Gasteiger partial charge in [-0.3, -0.25) is 18.5 Å². The van der Waals surface area contributed by atoms with Crippen LogP contribution in [0.2, 0.25) is 5.02 Å². The number of nitrogens with zero attached hydrogens (tertiary/aromatic N) is 6. The van der Waals surface area contributed by atoms with E-state index in [9.17, 15) is 9.59 Å². The van der Waals surface area contributed by atoms with Gasteiger partial charge >= 0.3 is 5.69 Å². The zero-order valence-corrected chi connectivity index (χ0v) is 16.1. The van der Waals surface area contributed by atoms with Crippen LogP contribution in [0.4, 0.5) is 5.95 Å². The number of hydrazone groups is 1. The van der Waals surface area contributed by atoms with E-state index in [2.05, 4.69) is 10.1 Å². The predicted molar refractivity (Wildman–Crippen MR) is 106 cm³/mol. The first kappa shape index (κ1) is 17.5. The zero-order chi connectivity index (χ0) is 19.3. The maximum Gasteiger partial charge on any atom is 0.332 e. The lowest BCUT2D eigenvalue weighted by atomic mass is 10.1. The van der Waals surface area contributed by atoms with Gasteiger partial charge in [0.05, 0.1) is 12.3 Å². The van der Waals surface area contributed by atoms with Crippen LogP contribution in [0.15, 0.2) is 39.0 Å². The van der Waals surface area contributed by atoms with Crippen molar-refractivity contribution >= 4 is 34.4 Å². The van der Waals surface area contributed by atoms with Crippen molar-refractivity contribution in [3.63, 3.8) is 0 Å². The molecule has 1 aliphatic heterocycles. The van der Waals surface area contributed by atoms with Gasteiger partial charge in [0.15, 0.2) is 11.2 Å². The van der Waals surface area contributed by atoms with Gasteiger partial charge in [-0.05, 0) is 31.5 Å². The van der Waals surface area contributed by atoms with Gasteiger partial charge in [0.25, 0.3) is 5.56 Å². The molecule has 0 atom stereocenters.